The van der Waals surface area contributed by atoms with Gasteiger partial charge in [-0.3, -0.25) is 4.79 Å². The molecule has 22 heavy (non-hydrogen) atoms. The maximum atomic E-state index is 11.7. The molecule has 1 aromatic heterocycles. The predicted octanol–water partition coefficient (Wildman–Crippen LogP) is 1.68. The Bertz CT molecular complexity index is 724. The van der Waals surface area contributed by atoms with Crippen molar-refractivity contribution < 1.29 is 9.90 Å². The van der Waals surface area contributed by atoms with Gasteiger partial charge in [0.05, 0.1) is 30.4 Å². The van der Waals surface area contributed by atoms with Crippen LogP contribution in [-0.2, 0) is 4.79 Å². The van der Waals surface area contributed by atoms with Gasteiger partial charge >= 0.3 is 0 Å². The van der Waals surface area contributed by atoms with Crippen molar-refractivity contribution in [3.63, 3.8) is 0 Å². The lowest BCUT2D eigenvalue weighted by Crippen LogP contribution is -2.48. The molecule has 4 rings (SSSR count). The standard InChI is InChI=1S/C17H19N3O2/c1-11(21)19-7-6-16(22)14(9-19)17-13-5-3-2-4-12(13)15-8-18-10-20(15)17/h2-5,8,10,14,16-17,22H,6-7,9H2,1H3. The highest BCUT2D eigenvalue weighted by Gasteiger charge is 2.40. The van der Waals surface area contributed by atoms with E-state index in [1.54, 1.807) is 6.92 Å². The number of nitrogens with zero attached hydrogens (tertiary/aromatic N) is 3. The average molecular weight is 297 g/mol. The largest absolute Gasteiger partial charge is 0.393 e. The van der Waals surface area contributed by atoms with E-state index in [9.17, 15) is 9.90 Å². The van der Waals surface area contributed by atoms with Gasteiger partial charge in [-0.1, -0.05) is 24.3 Å². The van der Waals surface area contributed by atoms with Crippen LogP contribution >= 0.6 is 0 Å². The Hall–Kier alpha value is -2.14. The number of amides is 1. The SMILES string of the molecule is CC(=O)N1CCC(O)C(C2c3ccccc3-c3cncn32)C1. The van der Waals surface area contributed by atoms with Gasteiger partial charge in [-0.25, -0.2) is 4.98 Å². The first-order valence-electron chi connectivity index (χ1n) is 7.71. The molecule has 114 valence electrons. The summed E-state index contributed by atoms with van der Waals surface area (Å²) >= 11 is 0. The lowest BCUT2D eigenvalue weighted by molar-refractivity contribution is -0.133. The third-order valence-electron chi connectivity index (χ3n) is 4.99. The van der Waals surface area contributed by atoms with E-state index >= 15 is 0 Å². The van der Waals surface area contributed by atoms with Crippen LogP contribution in [0.25, 0.3) is 11.3 Å². The molecule has 2 aliphatic heterocycles. The first-order valence-corrected chi connectivity index (χ1v) is 7.71. The highest BCUT2D eigenvalue weighted by Crippen LogP contribution is 2.44. The number of hydrogen-bond acceptors (Lipinski definition) is 3. The van der Waals surface area contributed by atoms with Crippen molar-refractivity contribution in [2.45, 2.75) is 25.5 Å². The van der Waals surface area contributed by atoms with Crippen LogP contribution in [0, 0.1) is 5.92 Å². The third kappa shape index (κ3) is 1.89. The second-order valence-corrected chi connectivity index (χ2v) is 6.20. The number of aliphatic hydroxyl groups is 1. The fraction of sp³-hybridized carbons (Fsp3) is 0.412. The number of carbonyl (C=O) groups excluding carboxylic acids is 1. The average Bonchev–Trinajstić information content (AvgIpc) is 3.08. The van der Waals surface area contributed by atoms with Crippen molar-refractivity contribution in [2.75, 3.05) is 13.1 Å². The van der Waals surface area contributed by atoms with Crippen molar-refractivity contribution in [1.29, 1.82) is 0 Å². The quantitative estimate of drug-likeness (QED) is 0.871. The van der Waals surface area contributed by atoms with Crippen LogP contribution in [0.1, 0.15) is 24.9 Å². The highest BCUT2D eigenvalue weighted by atomic mass is 16.3. The van der Waals surface area contributed by atoms with Gasteiger partial charge in [0.25, 0.3) is 0 Å². The summed E-state index contributed by atoms with van der Waals surface area (Å²) in [5, 5.41) is 10.5. The van der Waals surface area contributed by atoms with E-state index in [0.29, 0.717) is 19.5 Å². The number of carbonyl (C=O) groups is 1. The van der Waals surface area contributed by atoms with Gasteiger partial charge in [-0.05, 0) is 12.0 Å². The van der Waals surface area contributed by atoms with Crippen LogP contribution in [0.2, 0.25) is 0 Å². The van der Waals surface area contributed by atoms with Crippen LogP contribution < -0.4 is 0 Å². The lowest BCUT2D eigenvalue weighted by atomic mass is 9.84. The zero-order chi connectivity index (χ0) is 15.3. The Kier molecular flexibility index (Phi) is 3.04. The smallest absolute Gasteiger partial charge is 0.219 e. The fourth-order valence-corrected chi connectivity index (χ4v) is 3.88. The number of benzene rings is 1. The molecule has 5 heteroatoms. The van der Waals surface area contributed by atoms with E-state index in [1.165, 1.54) is 11.1 Å². The minimum Gasteiger partial charge on any atom is -0.393 e. The summed E-state index contributed by atoms with van der Waals surface area (Å²) in [6.45, 7) is 2.82. The highest BCUT2D eigenvalue weighted by molar-refractivity contribution is 5.73. The number of fused-ring (bicyclic) bond motifs is 3. The monoisotopic (exact) mass is 297 g/mol. The van der Waals surface area contributed by atoms with E-state index in [1.807, 2.05) is 29.6 Å². The maximum Gasteiger partial charge on any atom is 0.219 e. The summed E-state index contributed by atoms with van der Waals surface area (Å²) in [5.41, 5.74) is 3.49. The Morgan fingerprint density at radius 1 is 1.36 bits per heavy atom. The molecular formula is C17H19N3O2. The van der Waals surface area contributed by atoms with Crippen molar-refractivity contribution in [3.05, 3.63) is 42.4 Å². The van der Waals surface area contributed by atoms with E-state index in [0.717, 1.165) is 5.69 Å². The van der Waals surface area contributed by atoms with E-state index in [4.69, 9.17) is 0 Å². The van der Waals surface area contributed by atoms with Crippen LogP contribution in [0.5, 0.6) is 0 Å². The predicted molar refractivity (Wildman–Crippen MR) is 82.2 cm³/mol. The van der Waals surface area contributed by atoms with Gasteiger partial charge in [-0.2, -0.15) is 0 Å². The van der Waals surface area contributed by atoms with E-state index in [-0.39, 0.29) is 17.9 Å². The second kappa shape index (κ2) is 4.95. The number of rotatable bonds is 1. The molecule has 1 fully saturated rings. The molecule has 0 bridgehead atoms. The number of aliphatic hydroxyl groups excluding tert-OH is 1. The van der Waals surface area contributed by atoms with Gasteiger partial charge in [0.15, 0.2) is 0 Å². The summed E-state index contributed by atoms with van der Waals surface area (Å²) in [4.78, 5) is 17.8. The zero-order valence-electron chi connectivity index (χ0n) is 12.5. The molecule has 2 aromatic rings. The van der Waals surface area contributed by atoms with Gasteiger partial charge < -0.3 is 14.6 Å². The van der Waals surface area contributed by atoms with Gasteiger partial charge in [0, 0.05) is 31.5 Å². The molecule has 0 aliphatic carbocycles. The maximum absolute atomic E-state index is 11.7. The normalized spacial score (nSPS) is 26.6. The van der Waals surface area contributed by atoms with Crippen LogP contribution in [0.3, 0.4) is 0 Å². The number of hydrogen-bond donors (Lipinski definition) is 1. The molecule has 1 aromatic carbocycles. The zero-order valence-corrected chi connectivity index (χ0v) is 12.5. The molecular weight excluding hydrogens is 278 g/mol. The summed E-state index contributed by atoms with van der Waals surface area (Å²) < 4.78 is 2.14. The van der Waals surface area contributed by atoms with Crippen LogP contribution in [0.4, 0.5) is 0 Å². The molecule has 0 spiro atoms. The van der Waals surface area contributed by atoms with Crippen LogP contribution in [-0.4, -0.2) is 44.7 Å². The number of imidazole rings is 1. The van der Waals surface area contributed by atoms with Crippen molar-refractivity contribution in [1.82, 2.24) is 14.5 Å². The Balaban J connectivity index is 1.77. The molecule has 3 heterocycles. The fourth-order valence-electron chi connectivity index (χ4n) is 3.88. The Labute approximate surface area is 129 Å². The molecule has 5 nitrogen and oxygen atoms in total. The topological polar surface area (TPSA) is 58.4 Å². The number of aromatic nitrogens is 2. The van der Waals surface area contributed by atoms with E-state index in [2.05, 4.69) is 21.7 Å². The second-order valence-electron chi connectivity index (χ2n) is 6.20. The van der Waals surface area contributed by atoms with Crippen molar-refractivity contribution in [3.8, 4) is 11.3 Å². The van der Waals surface area contributed by atoms with Crippen molar-refractivity contribution in [2.24, 2.45) is 5.92 Å². The van der Waals surface area contributed by atoms with Crippen LogP contribution in [0.15, 0.2) is 36.8 Å². The molecule has 2 aliphatic rings. The summed E-state index contributed by atoms with van der Waals surface area (Å²) in [6.07, 6.45) is 3.94. The molecule has 1 saturated heterocycles. The number of piperidine rings is 1. The van der Waals surface area contributed by atoms with E-state index < -0.39 is 6.10 Å². The summed E-state index contributed by atoms with van der Waals surface area (Å²) in [7, 11) is 0. The molecule has 3 unspecified atom stereocenters. The first kappa shape index (κ1) is 13.5. The molecule has 0 radical (unpaired) electrons. The van der Waals surface area contributed by atoms with Gasteiger partial charge in [0.1, 0.15) is 0 Å². The molecule has 1 N–H and O–H groups in total. The Morgan fingerprint density at radius 3 is 3.00 bits per heavy atom. The van der Waals surface area contributed by atoms with Gasteiger partial charge in [-0.15, -0.1) is 0 Å². The number of likely N-dealkylation sites (tertiary alicyclic amines) is 1. The summed E-state index contributed by atoms with van der Waals surface area (Å²) in [6, 6.07) is 8.32. The minimum absolute atomic E-state index is 0.00532. The minimum atomic E-state index is -0.401. The first-order chi connectivity index (χ1) is 10.7. The molecule has 1 amide bonds. The van der Waals surface area contributed by atoms with Gasteiger partial charge in [0.2, 0.25) is 5.91 Å². The molecule has 3 atom stereocenters. The third-order valence-corrected chi connectivity index (χ3v) is 4.99. The summed E-state index contributed by atoms with van der Waals surface area (Å²) in [5.74, 6) is 0.0725. The Morgan fingerprint density at radius 2 is 2.18 bits per heavy atom. The lowest BCUT2D eigenvalue weighted by Gasteiger charge is -2.39. The molecule has 0 saturated carbocycles. The van der Waals surface area contributed by atoms with Crippen molar-refractivity contribution >= 4 is 5.91 Å².